The Hall–Kier alpha value is -0.810. The van der Waals surface area contributed by atoms with Gasteiger partial charge in [-0.2, -0.15) is 4.37 Å². The molecule has 1 aromatic rings. The van der Waals surface area contributed by atoms with Gasteiger partial charge in [0, 0.05) is 12.1 Å². The van der Waals surface area contributed by atoms with Crippen LogP contribution in [0.4, 0.5) is 10.8 Å². The number of morpholine rings is 1. The molecule has 0 radical (unpaired) electrons. The molecule has 3 rings (SSSR count). The van der Waals surface area contributed by atoms with Gasteiger partial charge in [0.15, 0.2) is 0 Å². The zero-order valence-electron chi connectivity index (χ0n) is 9.48. The van der Waals surface area contributed by atoms with Gasteiger partial charge in [-0.3, -0.25) is 0 Å². The maximum atomic E-state index is 5.98. The first-order valence-corrected chi connectivity index (χ1v) is 6.64. The van der Waals surface area contributed by atoms with Crippen LogP contribution < -0.4 is 10.6 Å². The molecule has 1 saturated heterocycles. The van der Waals surface area contributed by atoms with E-state index in [9.17, 15) is 0 Å². The van der Waals surface area contributed by atoms with E-state index in [1.807, 2.05) is 0 Å². The van der Waals surface area contributed by atoms with Crippen LogP contribution >= 0.6 is 11.5 Å². The Morgan fingerprint density at radius 2 is 2.31 bits per heavy atom. The zero-order chi connectivity index (χ0) is 11.1. The van der Waals surface area contributed by atoms with Crippen molar-refractivity contribution in [3.05, 3.63) is 5.56 Å². The molecule has 1 saturated carbocycles. The van der Waals surface area contributed by atoms with Crippen molar-refractivity contribution in [2.24, 2.45) is 0 Å². The minimum atomic E-state index is 0.436. The highest BCUT2D eigenvalue weighted by molar-refractivity contribution is 7.10. The molecule has 2 N–H and O–H groups in total. The molecule has 1 atom stereocenters. The molecule has 4 nitrogen and oxygen atoms in total. The van der Waals surface area contributed by atoms with E-state index in [1.165, 1.54) is 23.4 Å². The lowest BCUT2D eigenvalue weighted by molar-refractivity contribution is 0.0992. The van der Waals surface area contributed by atoms with Gasteiger partial charge in [0.25, 0.3) is 0 Å². The van der Waals surface area contributed by atoms with Crippen LogP contribution in [-0.4, -0.2) is 30.2 Å². The molecule has 88 valence electrons. The molecule has 1 aliphatic carbocycles. The summed E-state index contributed by atoms with van der Waals surface area (Å²) >= 11 is 1.55. The van der Waals surface area contributed by atoms with Crippen molar-refractivity contribution >= 4 is 22.4 Å². The lowest BCUT2D eigenvalue weighted by Gasteiger charge is -2.34. The molecule has 1 unspecified atom stereocenters. The molecule has 0 aromatic carbocycles. The minimum Gasteiger partial charge on any atom is -0.383 e. The normalized spacial score (nSPS) is 26.1. The zero-order valence-corrected chi connectivity index (χ0v) is 10.3. The summed E-state index contributed by atoms with van der Waals surface area (Å²) in [5.74, 6) is 1.42. The summed E-state index contributed by atoms with van der Waals surface area (Å²) in [5.41, 5.74) is 7.28. The molecule has 0 bridgehead atoms. The number of anilines is 2. The summed E-state index contributed by atoms with van der Waals surface area (Å²) in [7, 11) is 0. The number of hydrogen-bond acceptors (Lipinski definition) is 5. The molecule has 0 spiro atoms. The fourth-order valence-corrected chi connectivity index (χ4v) is 3.32. The van der Waals surface area contributed by atoms with Gasteiger partial charge in [-0.25, -0.2) is 0 Å². The summed E-state index contributed by atoms with van der Waals surface area (Å²) in [5, 5.41) is 1.29. The Morgan fingerprint density at radius 3 is 3.00 bits per heavy atom. The number of nitrogen functional groups attached to an aromatic ring is 1. The van der Waals surface area contributed by atoms with Gasteiger partial charge in [-0.15, -0.1) is 0 Å². The van der Waals surface area contributed by atoms with Crippen LogP contribution in [0.5, 0.6) is 0 Å². The third-order valence-corrected chi connectivity index (χ3v) is 4.27. The lowest BCUT2D eigenvalue weighted by atomic mass is 10.1. The Bertz CT molecular complexity index is 389. The van der Waals surface area contributed by atoms with Gasteiger partial charge in [0.1, 0.15) is 10.8 Å². The number of aromatic nitrogens is 1. The Balaban J connectivity index is 1.92. The summed E-state index contributed by atoms with van der Waals surface area (Å²) in [6.07, 6.45) is 2.54. The molecule has 1 aromatic heterocycles. The summed E-state index contributed by atoms with van der Waals surface area (Å²) in [6.45, 7) is 4.78. The maximum absolute atomic E-state index is 5.98. The Kier molecular flexibility index (Phi) is 2.52. The summed E-state index contributed by atoms with van der Waals surface area (Å²) < 4.78 is 9.79. The van der Waals surface area contributed by atoms with Crippen molar-refractivity contribution in [3.63, 3.8) is 0 Å². The number of hydrogen-bond donors (Lipinski definition) is 1. The molecular formula is C11H17N3OS. The van der Waals surface area contributed by atoms with Crippen LogP contribution in [0.2, 0.25) is 0 Å². The molecule has 1 aliphatic heterocycles. The molecule has 2 aliphatic rings. The first-order chi connectivity index (χ1) is 7.77. The van der Waals surface area contributed by atoms with E-state index in [4.69, 9.17) is 10.5 Å². The van der Waals surface area contributed by atoms with Gasteiger partial charge in [0.2, 0.25) is 0 Å². The Labute approximate surface area is 99.6 Å². The lowest BCUT2D eigenvalue weighted by Crippen LogP contribution is -2.43. The van der Waals surface area contributed by atoms with E-state index in [2.05, 4.69) is 16.2 Å². The summed E-state index contributed by atoms with van der Waals surface area (Å²) in [4.78, 5) is 2.41. The van der Waals surface area contributed by atoms with Gasteiger partial charge < -0.3 is 15.4 Å². The number of nitrogens with zero attached hydrogens (tertiary/aromatic N) is 2. The number of ether oxygens (including phenoxy) is 1. The van der Waals surface area contributed by atoms with E-state index >= 15 is 0 Å². The van der Waals surface area contributed by atoms with E-state index in [-0.39, 0.29) is 0 Å². The van der Waals surface area contributed by atoms with Crippen LogP contribution in [0.25, 0.3) is 0 Å². The van der Waals surface area contributed by atoms with Gasteiger partial charge in [-0.05, 0) is 37.2 Å². The SMILES string of the molecule is CC1COCCN1c1snc(N)c1C1CC1. The largest absolute Gasteiger partial charge is 0.383 e. The van der Waals surface area contributed by atoms with E-state index in [1.54, 1.807) is 11.5 Å². The average molecular weight is 239 g/mol. The van der Waals surface area contributed by atoms with E-state index in [0.717, 1.165) is 25.6 Å². The van der Waals surface area contributed by atoms with Crippen LogP contribution in [-0.2, 0) is 4.74 Å². The fraction of sp³-hybridized carbons (Fsp3) is 0.727. The molecule has 2 heterocycles. The maximum Gasteiger partial charge on any atom is 0.142 e. The third kappa shape index (κ3) is 1.68. The van der Waals surface area contributed by atoms with E-state index < -0.39 is 0 Å². The predicted octanol–water partition coefficient (Wildman–Crippen LogP) is 1.83. The highest BCUT2D eigenvalue weighted by Crippen LogP contribution is 2.49. The van der Waals surface area contributed by atoms with Crippen LogP contribution in [0, 0.1) is 0 Å². The van der Waals surface area contributed by atoms with Gasteiger partial charge in [0.05, 0.1) is 19.3 Å². The first-order valence-electron chi connectivity index (χ1n) is 5.87. The standard InChI is InChI=1S/C11H17N3OS/c1-7-6-15-5-4-14(7)11-9(8-2-3-8)10(12)13-16-11/h7-8H,2-6H2,1H3,(H2,12,13). The molecule has 0 amide bonds. The topological polar surface area (TPSA) is 51.4 Å². The minimum absolute atomic E-state index is 0.436. The second kappa shape index (κ2) is 3.89. The molecular weight excluding hydrogens is 222 g/mol. The van der Waals surface area contributed by atoms with Crippen molar-refractivity contribution in [1.82, 2.24) is 4.37 Å². The van der Waals surface area contributed by atoms with Gasteiger partial charge in [-0.1, -0.05) is 0 Å². The Morgan fingerprint density at radius 1 is 1.50 bits per heavy atom. The molecule has 5 heteroatoms. The van der Waals surface area contributed by atoms with Crippen molar-refractivity contribution in [2.75, 3.05) is 30.4 Å². The smallest absolute Gasteiger partial charge is 0.142 e. The highest BCUT2D eigenvalue weighted by atomic mass is 32.1. The number of rotatable bonds is 2. The van der Waals surface area contributed by atoms with Crippen molar-refractivity contribution in [3.8, 4) is 0 Å². The predicted molar refractivity (Wildman–Crippen MR) is 66.1 cm³/mol. The van der Waals surface area contributed by atoms with Crippen molar-refractivity contribution < 1.29 is 4.74 Å². The highest BCUT2D eigenvalue weighted by Gasteiger charge is 2.34. The second-order valence-corrected chi connectivity index (χ2v) is 5.43. The van der Waals surface area contributed by atoms with Crippen LogP contribution in [0.15, 0.2) is 0 Å². The number of nitrogens with two attached hydrogens (primary N) is 1. The van der Waals surface area contributed by atoms with Crippen LogP contribution in [0.1, 0.15) is 31.2 Å². The van der Waals surface area contributed by atoms with Crippen molar-refractivity contribution in [2.45, 2.75) is 31.7 Å². The second-order valence-electron chi connectivity index (χ2n) is 4.68. The van der Waals surface area contributed by atoms with Gasteiger partial charge >= 0.3 is 0 Å². The average Bonchev–Trinajstić information content (AvgIpc) is 3.04. The first kappa shape index (κ1) is 10.4. The molecule has 2 fully saturated rings. The quantitative estimate of drug-likeness (QED) is 0.855. The fourth-order valence-electron chi connectivity index (χ4n) is 2.29. The van der Waals surface area contributed by atoms with Crippen molar-refractivity contribution in [1.29, 1.82) is 0 Å². The molecule has 16 heavy (non-hydrogen) atoms. The third-order valence-electron chi connectivity index (χ3n) is 3.35. The summed E-state index contributed by atoms with van der Waals surface area (Å²) in [6, 6.07) is 0.436. The van der Waals surface area contributed by atoms with E-state index in [0.29, 0.717) is 12.0 Å². The monoisotopic (exact) mass is 239 g/mol. The van der Waals surface area contributed by atoms with Crippen LogP contribution in [0.3, 0.4) is 0 Å².